The third-order valence-electron chi connectivity index (χ3n) is 3.26. The maximum absolute atomic E-state index is 4.55. The van der Waals surface area contributed by atoms with Gasteiger partial charge in [0.15, 0.2) is 0 Å². The Labute approximate surface area is 103 Å². The number of aromatic nitrogens is 2. The minimum absolute atomic E-state index is 0.714. The van der Waals surface area contributed by atoms with Gasteiger partial charge in [0.25, 0.3) is 0 Å². The van der Waals surface area contributed by atoms with Crippen LogP contribution in [0.3, 0.4) is 0 Å². The number of aryl methyl sites for hydroxylation is 1. The van der Waals surface area contributed by atoms with E-state index in [1.54, 1.807) is 0 Å². The Morgan fingerprint density at radius 1 is 1.24 bits per heavy atom. The van der Waals surface area contributed by atoms with Gasteiger partial charge in [-0.05, 0) is 25.2 Å². The summed E-state index contributed by atoms with van der Waals surface area (Å²) in [6.07, 6.45) is 1.32. The zero-order valence-electron chi connectivity index (χ0n) is 11.2. The van der Waals surface area contributed by atoms with Crippen LogP contribution >= 0.6 is 0 Å². The van der Waals surface area contributed by atoms with E-state index in [9.17, 15) is 0 Å². The second-order valence-electron chi connectivity index (χ2n) is 5.29. The van der Waals surface area contributed by atoms with E-state index in [2.05, 4.69) is 40.1 Å². The normalized spacial score (nSPS) is 24.8. The molecule has 0 aromatic carbocycles. The average molecular weight is 234 g/mol. The molecule has 1 aromatic heterocycles. The van der Waals surface area contributed by atoms with Crippen LogP contribution < -0.4 is 10.2 Å². The Balaban J connectivity index is 2.23. The molecule has 1 N–H and O–H groups in total. The van der Waals surface area contributed by atoms with Gasteiger partial charge in [0.2, 0.25) is 5.95 Å². The molecule has 2 rings (SSSR count). The molecule has 17 heavy (non-hydrogen) atoms. The highest BCUT2D eigenvalue weighted by Gasteiger charge is 2.23. The van der Waals surface area contributed by atoms with Crippen LogP contribution in [0.4, 0.5) is 11.8 Å². The smallest absolute Gasteiger partial charge is 0.224 e. The van der Waals surface area contributed by atoms with Gasteiger partial charge in [-0.2, -0.15) is 4.98 Å². The lowest BCUT2D eigenvalue weighted by Crippen LogP contribution is -2.39. The quantitative estimate of drug-likeness (QED) is 0.852. The summed E-state index contributed by atoms with van der Waals surface area (Å²) in [7, 11) is 1.86. The van der Waals surface area contributed by atoms with Gasteiger partial charge >= 0.3 is 0 Å². The summed E-state index contributed by atoms with van der Waals surface area (Å²) >= 11 is 0. The fraction of sp³-hybridized carbons (Fsp3) is 0.692. The van der Waals surface area contributed by atoms with E-state index < -0.39 is 0 Å². The number of anilines is 2. The largest absolute Gasteiger partial charge is 0.357 e. The van der Waals surface area contributed by atoms with Gasteiger partial charge in [0, 0.05) is 31.9 Å². The van der Waals surface area contributed by atoms with Crippen LogP contribution in [-0.2, 0) is 0 Å². The molecule has 0 spiro atoms. The van der Waals surface area contributed by atoms with Crippen LogP contribution in [0.5, 0.6) is 0 Å². The van der Waals surface area contributed by atoms with Gasteiger partial charge in [-0.1, -0.05) is 13.8 Å². The zero-order valence-corrected chi connectivity index (χ0v) is 11.2. The molecule has 2 unspecified atom stereocenters. The Morgan fingerprint density at radius 2 is 1.88 bits per heavy atom. The molecule has 1 aromatic rings. The van der Waals surface area contributed by atoms with Crippen molar-refractivity contribution in [3.05, 3.63) is 11.8 Å². The van der Waals surface area contributed by atoms with Crippen molar-refractivity contribution in [2.75, 3.05) is 30.4 Å². The fourth-order valence-electron chi connectivity index (χ4n) is 2.68. The van der Waals surface area contributed by atoms with E-state index in [4.69, 9.17) is 0 Å². The summed E-state index contributed by atoms with van der Waals surface area (Å²) in [5.41, 5.74) is 1.02. The maximum atomic E-state index is 4.55. The molecule has 2 heterocycles. The van der Waals surface area contributed by atoms with E-state index in [-0.39, 0.29) is 0 Å². The number of nitrogens with one attached hydrogen (secondary N) is 1. The number of rotatable bonds is 2. The zero-order chi connectivity index (χ0) is 12.4. The molecule has 0 amide bonds. The molecule has 1 saturated heterocycles. The van der Waals surface area contributed by atoms with Crippen molar-refractivity contribution in [1.29, 1.82) is 0 Å². The van der Waals surface area contributed by atoms with Crippen molar-refractivity contribution in [2.45, 2.75) is 27.2 Å². The van der Waals surface area contributed by atoms with Crippen LogP contribution in [0.1, 0.15) is 26.0 Å². The molecule has 0 aliphatic carbocycles. The Bertz CT molecular complexity index is 381. The van der Waals surface area contributed by atoms with Gasteiger partial charge in [-0.15, -0.1) is 0 Å². The van der Waals surface area contributed by atoms with Gasteiger partial charge < -0.3 is 10.2 Å². The molecule has 4 nitrogen and oxygen atoms in total. The summed E-state index contributed by atoms with van der Waals surface area (Å²) < 4.78 is 0. The van der Waals surface area contributed by atoms with Crippen LogP contribution in [-0.4, -0.2) is 30.1 Å². The topological polar surface area (TPSA) is 41.1 Å². The molecule has 0 radical (unpaired) electrons. The van der Waals surface area contributed by atoms with Crippen molar-refractivity contribution in [3.63, 3.8) is 0 Å². The highest BCUT2D eigenvalue weighted by atomic mass is 15.2. The lowest BCUT2D eigenvalue weighted by atomic mass is 9.92. The van der Waals surface area contributed by atoms with Gasteiger partial charge in [-0.25, -0.2) is 4.98 Å². The minimum atomic E-state index is 0.714. The summed E-state index contributed by atoms with van der Waals surface area (Å²) in [5.74, 6) is 3.25. The molecule has 0 bridgehead atoms. The molecule has 1 fully saturated rings. The van der Waals surface area contributed by atoms with Crippen molar-refractivity contribution >= 4 is 11.8 Å². The van der Waals surface area contributed by atoms with Gasteiger partial charge in [0.1, 0.15) is 5.82 Å². The SMILES string of the molecule is CNc1nc(C)cc(N2CC(C)CC(C)C2)n1. The molecule has 1 aliphatic heterocycles. The molecular weight excluding hydrogens is 212 g/mol. The van der Waals surface area contributed by atoms with Crippen LogP contribution in [0, 0.1) is 18.8 Å². The van der Waals surface area contributed by atoms with Gasteiger partial charge in [-0.3, -0.25) is 0 Å². The van der Waals surface area contributed by atoms with Gasteiger partial charge in [0.05, 0.1) is 0 Å². The molecule has 2 atom stereocenters. The van der Waals surface area contributed by atoms with E-state index >= 15 is 0 Å². The van der Waals surface area contributed by atoms with E-state index in [0.717, 1.165) is 36.4 Å². The predicted octanol–water partition coefficient (Wildman–Crippen LogP) is 2.31. The second kappa shape index (κ2) is 4.90. The lowest BCUT2D eigenvalue weighted by Gasteiger charge is -2.35. The Kier molecular flexibility index (Phi) is 3.50. The lowest BCUT2D eigenvalue weighted by molar-refractivity contribution is 0.355. The highest BCUT2D eigenvalue weighted by Crippen LogP contribution is 2.25. The predicted molar refractivity (Wildman–Crippen MR) is 71.5 cm³/mol. The monoisotopic (exact) mass is 234 g/mol. The molecule has 0 saturated carbocycles. The van der Waals surface area contributed by atoms with Crippen molar-refractivity contribution in [3.8, 4) is 0 Å². The molecule has 94 valence electrons. The standard InChI is InChI=1S/C13H22N4/c1-9-5-10(2)8-17(7-9)12-6-11(3)15-13(14-4)16-12/h6,9-10H,5,7-8H2,1-4H3,(H,14,15,16). The maximum Gasteiger partial charge on any atom is 0.224 e. The summed E-state index contributed by atoms with van der Waals surface area (Å²) in [4.78, 5) is 11.3. The number of hydrogen-bond donors (Lipinski definition) is 1. The Morgan fingerprint density at radius 3 is 2.47 bits per heavy atom. The first-order chi connectivity index (χ1) is 8.08. The van der Waals surface area contributed by atoms with E-state index in [1.807, 2.05) is 14.0 Å². The third kappa shape index (κ3) is 2.87. The van der Waals surface area contributed by atoms with Crippen LogP contribution in [0.2, 0.25) is 0 Å². The second-order valence-corrected chi connectivity index (χ2v) is 5.29. The first-order valence-electron chi connectivity index (χ1n) is 6.37. The van der Waals surface area contributed by atoms with E-state index in [1.165, 1.54) is 6.42 Å². The Hall–Kier alpha value is -1.32. The minimum Gasteiger partial charge on any atom is -0.357 e. The van der Waals surface area contributed by atoms with Crippen molar-refractivity contribution < 1.29 is 0 Å². The van der Waals surface area contributed by atoms with Crippen LogP contribution in [0.25, 0.3) is 0 Å². The molecule has 1 aliphatic rings. The molecule has 4 heteroatoms. The van der Waals surface area contributed by atoms with E-state index in [0.29, 0.717) is 5.95 Å². The average Bonchev–Trinajstić information content (AvgIpc) is 2.26. The highest BCUT2D eigenvalue weighted by molar-refractivity contribution is 5.45. The first kappa shape index (κ1) is 12.1. The summed E-state index contributed by atoms with van der Waals surface area (Å²) in [6, 6.07) is 2.08. The van der Waals surface area contributed by atoms with Crippen LogP contribution in [0.15, 0.2) is 6.07 Å². The number of piperidine rings is 1. The van der Waals surface area contributed by atoms with Crippen molar-refractivity contribution in [2.24, 2.45) is 11.8 Å². The number of nitrogens with zero attached hydrogens (tertiary/aromatic N) is 3. The van der Waals surface area contributed by atoms with Crippen molar-refractivity contribution in [1.82, 2.24) is 9.97 Å². The third-order valence-corrected chi connectivity index (χ3v) is 3.26. The molecular formula is C13H22N4. The number of hydrogen-bond acceptors (Lipinski definition) is 4. The first-order valence-corrected chi connectivity index (χ1v) is 6.37. The fourth-order valence-corrected chi connectivity index (χ4v) is 2.68. The summed E-state index contributed by atoms with van der Waals surface area (Å²) in [5, 5.41) is 3.02. The summed E-state index contributed by atoms with van der Waals surface area (Å²) in [6.45, 7) is 8.85.